The lowest BCUT2D eigenvalue weighted by Gasteiger charge is -2.09. The first kappa shape index (κ1) is 13.6. The van der Waals surface area contributed by atoms with Crippen LogP contribution in [0.3, 0.4) is 0 Å². The summed E-state index contributed by atoms with van der Waals surface area (Å²) in [7, 11) is 1.61. The first-order valence-electron chi connectivity index (χ1n) is 5.57. The molecule has 2 N–H and O–H groups in total. The molecule has 0 fully saturated rings. The molecule has 0 aliphatic rings. The van der Waals surface area contributed by atoms with Crippen LogP contribution in [0.15, 0.2) is 6.07 Å². The fraction of sp³-hybridized carbons (Fsp3) is 0.667. The van der Waals surface area contributed by atoms with E-state index in [-0.39, 0.29) is 6.10 Å². The molecule has 1 rings (SSSR count). The van der Waals surface area contributed by atoms with Crippen LogP contribution in [-0.2, 0) is 11.3 Å². The quantitative estimate of drug-likeness (QED) is 0.718. The van der Waals surface area contributed by atoms with Gasteiger partial charge < -0.3 is 15.2 Å². The minimum absolute atomic E-state index is 0.359. The standard InChI is InChI=1S/C12H21NO2S/c1-9-6-11(10(2)16-9)7-13-5-4-12(14)8-15-3/h6,12-14H,4-5,7-8H2,1-3H3. The van der Waals surface area contributed by atoms with E-state index >= 15 is 0 Å². The maximum absolute atomic E-state index is 9.44. The van der Waals surface area contributed by atoms with Gasteiger partial charge in [-0.25, -0.2) is 0 Å². The van der Waals surface area contributed by atoms with Gasteiger partial charge in [0.25, 0.3) is 0 Å². The van der Waals surface area contributed by atoms with Gasteiger partial charge in [-0.1, -0.05) is 0 Å². The van der Waals surface area contributed by atoms with Crippen LogP contribution in [0.1, 0.15) is 21.7 Å². The van der Waals surface area contributed by atoms with Crippen LogP contribution in [0, 0.1) is 13.8 Å². The minimum atomic E-state index is -0.359. The molecule has 0 aromatic carbocycles. The monoisotopic (exact) mass is 243 g/mol. The second-order valence-electron chi connectivity index (χ2n) is 4.01. The molecule has 0 aliphatic heterocycles. The molecule has 0 aliphatic carbocycles. The topological polar surface area (TPSA) is 41.5 Å². The lowest BCUT2D eigenvalue weighted by molar-refractivity contribution is 0.0594. The fourth-order valence-corrected chi connectivity index (χ4v) is 2.57. The first-order valence-corrected chi connectivity index (χ1v) is 6.38. The number of ether oxygens (including phenoxy) is 1. The van der Waals surface area contributed by atoms with Crippen molar-refractivity contribution in [3.8, 4) is 0 Å². The van der Waals surface area contributed by atoms with E-state index in [0.717, 1.165) is 19.5 Å². The van der Waals surface area contributed by atoms with E-state index < -0.39 is 0 Å². The van der Waals surface area contributed by atoms with Crippen molar-refractivity contribution in [1.29, 1.82) is 0 Å². The Hall–Kier alpha value is -0.420. The molecular weight excluding hydrogens is 222 g/mol. The molecule has 1 aromatic rings. The summed E-state index contributed by atoms with van der Waals surface area (Å²) >= 11 is 1.83. The molecule has 16 heavy (non-hydrogen) atoms. The van der Waals surface area contributed by atoms with Gasteiger partial charge in [0.05, 0.1) is 12.7 Å². The molecule has 0 radical (unpaired) electrons. The summed E-state index contributed by atoms with van der Waals surface area (Å²) in [6.45, 7) is 6.39. The van der Waals surface area contributed by atoms with Gasteiger partial charge in [0, 0.05) is 23.4 Å². The van der Waals surface area contributed by atoms with Gasteiger partial charge in [-0.05, 0) is 38.4 Å². The van der Waals surface area contributed by atoms with Crippen molar-refractivity contribution < 1.29 is 9.84 Å². The Kier molecular flexibility index (Phi) is 5.98. The van der Waals surface area contributed by atoms with Gasteiger partial charge in [-0.2, -0.15) is 0 Å². The van der Waals surface area contributed by atoms with Crippen LogP contribution in [0.4, 0.5) is 0 Å². The van der Waals surface area contributed by atoms with E-state index in [9.17, 15) is 5.11 Å². The zero-order valence-electron chi connectivity index (χ0n) is 10.2. The number of nitrogens with one attached hydrogen (secondary N) is 1. The predicted molar refractivity (Wildman–Crippen MR) is 68.0 cm³/mol. The largest absolute Gasteiger partial charge is 0.391 e. The SMILES string of the molecule is COCC(O)CCNCc1cc(C)sc1C. The number of aryl methyl sites for hydroxylation is 2. The highest BCUT2D eigenvalue weighted by Crippen LogP contribution is 2.20. The fourth-order valence-electron chi connectivity index (χ4n) is 1.63. The van der Waals surface area contributed by atoms with E-state index in [1.807, 2.05) is 11.3 Å². The van der Waals surface area contributed by atoms with Gasteiger partial charge in [0.15, 0.2) is 0 Å². The number of hydrogen-bond acceptors (Lipinski definition) is 4. The van der Waals surface area contributed by atoms with Crippen molar-refractivity contribution in [2.24, 2.45) is 0 Å². The van der Waals surface area contributed by atoms with Crippen LogP contribution in [-0.4, -0.2) is 31.5 Å². The highest BCUT2D eigenvalue weighted by molar-refractivity contribution is 7.12. The van der Waals surface area contributed by atoms with Crippen molar-refractivity contribution in [3.05, 3.63) is 21.4 Å². The summed E-state index contributed by atoms with van der Waals surface area (Å²) in [4.78, 5) is 2.73. The number of aliphatic hydroxyl groups excluding tert-OH is 1. The highest BCUT2D eigenvalue weighted by atomic mass is 32.1. The summed E-state index contributed by atoms with van der Waals surface area (Å²) in [6, 6.07) is 2.22. The Labute approximate surface area is 101 Å². The zero-order chi connectivity index (χ0) is 12.0. The molecule has 92 valence electrons. The number of methoxy groups -OCH3 is 1. The molecule has 0 bridgehead atoms. The second-order valence-corrected chi connectivity index (χ2v) is 5.47. The number of aliphatic hydroxyl groups is 1. The molecule has 4 heteroatoms. The maximum atomic E-state index is 9.44. The lowest BCUT2D eigenvalue weighted by Crippen LogP contribution is -2.23. The molecular formula is C12H21NO2S. The first-order chi connectivity index (χ1) is 7.63. The molecule has 0 saturated carbocycles. The Morgan fingerprint density at radius 2 is 2.25 bits per heavy atom. The van der Waals surface area contributed by atoms with Gasteiger partial charge >= 0.3 is 0 Å². The van der Waals surface area contributed by atoms with E-state index in [1.165, 1.54) is 15.3 Å². The van der Waals surface area contributed by atoms with Gasteiger partial charge in [-0.3, -0.25) is 0 Å². The van der Waals surface area contributed by atoms with Crippen molar-refractivity contribution >= 4 is 11.3 Å². The van der Waals surface area contributed by atoms with E-state index in [2.05, 4.69) is 25.2 Å². The molecule has 0 spiro atoms. The van der Waals surface area contributed by atoms with Gasteiger partial charge in [-0.15, -0.1) is 11.3 Å². The zero-order valence-corrected chi connectivity index (χ0v) is 11.1. The third kappa shape index (κ3) is 4.61. The molecule has 0 saturated heterocycles. The van der Waals surface area contributed by atoms with Crippen LogP contribution in [0.25, 0.3) is 0 Å². The number of hydrogen-bond donors (Lipinski definition) is 2. The molecule has 1 unspecified atom stereocenters. The molecule has 1 aromatic heterocycles. The summed E-state index contributed by atoms with van der Waals surface area (Å²) in [5.74, 6) is 0. The summed E-state index contributed by atoms with van der Waals surface area (Å²) in [6.07, 6.45) is 0.374. The Balaban J connectivity index is 2.18. The van der Waals surface area contributed by atoms with Crippen LogP contribution >= 0.6 is 11.3 Å². The van der Waals surface area contributed by atoms with Crippen LogP contribution < -0.4 is 5.32 Å². The van der Waals surface area contributed by atoms with E-state index in [1.54, 1.807) is 7.11 Å². The third-order valence-corrected chi connectivity index (χ3v) is 3.48. The van der Waals surface area contributed by atoms with Gasteiger partial charge in [0.2, 0.25) is 0 Å². The van der Waals surface area contributed by atoms with Crippen molar-refractivity contribution in [2.75, 3.05) is 20.3 Å². The maximum Gasteiger partial charge on any atom is 0.0785 e. The van der Waals surface area contributed by atoms with E-state index in [0.29, 0.717) is 6.61 Å². The molecule has 1 atom stereocenters. The molecule has 1 heterocycles. The summed E-state index contributed by atoms with van der Waals surface area (Å²) in [5, 5.41) is 12.8. The predicted octanol–water partition coefficient (Wildman–Crippen LogP) is 1.85. The molecule has 0 amide bonds. The summed E-state index contributed by atoms with van der Waals surface area (Å²) in [5.41, 5.74) is 1.36. The second kappa shape index (κ2) is 7.01. The van der Waals surface area contributed by atoms with Crippen molar-refractivity contribution in [1.82, 2.24) is 5.32 Å². The smallest absolute Gasteiger partial charge is 0.0785 e. The Morgan fingerprint density at radius 1 is 1.50 bits per heavy atom. The van der Waals surface area contributed by atoms with Crippen molar-refractivity contribution in [2.45, 2.75) is 32.9 Å². The Morgan fingerprint density at radius 3 is 2.81 bits per heavy atom. The van der Waals surface area contributed by atoms with Crippen LogP contribution in [0.2, 0.25) is 0 Å². The lowest BCUT2D eigenvalue weighted by atomic mass is 10.2. The minimum Gasteiger partial charge on any atom is -0.391 e. The Bertz CT molecular complexity index is 312. The van der Waals surface area contributed by atoms with E-state index in [4.69, 9.17) is 4.74 Å². The molecule has 3 nitrogen and oxygen atoms in total. The van der Waals surface area contributed by atoms with Crippen molar-refractivity contribution in [3.63, 3.8) is 0 Å². The number of rotatable bonds is 7. The van der Waals surface area contributed by atoms with Crippen LogP contribution in [0.5, 0.6) is 0 Å². The average molecular weight is 243 g/mol. The summed E-state index contributed by atoms with van der Waals surface area (Å²) < 4.78 is 4.87. The average Bonchev–Trinajstić information content (AvgIpc) is 2.53. The van der Waals surface area contributed by atoms with Gasteiger partial charge in [0.1, 0.15) is 0 Å². The normalized spacial score (nSPS) is 13.0. The third-order valence-electron chi connectivity index (χ3n) is 2.47. The highest BCUT2D eigenvalue weighted by Gasteiger charge is 2.04. The number of thiophene rings is 1.